The SMILES string of the molecule is COc1nn(C)cc1C(=O)N1CCN(CCNC(=O)c2ccc(Cl)cc2)CC1. The minimum absolute atomic E-state index is 0.0689. The van der Waals surface area contributed by atoms with Crippen LogP contribution in [0.25, 0.3) is 0 Å². The first-order valence-corrected chi connectivity index (χ1v) is 9.48. The Labute approximate surface area is 169 Å². The van der Waals surface area contributed by atoms with Crippen LogP contribution >= 0.6 is 11.6 Å². The fourth-order valence-corrected chi connectivity index (χ4v) is 3.27. The number of ether oxygens (including phenoxy) is 1. The Bertz CT molecular complexity index is 829. The highest BCUT2D eigenvalue weighted by molar-refractivity contribution is 6.30. The van der Waals surface area contributed by atoms with Gasteiger partial charge in [-0.1, -0.05) is 11.6 Å². The molecule has 1 aromatic carbocycles. The zero-order chi connectivity index (χ0) is 20.1. The summed E-state index contributed by atoms with van der Waals surface area (Å²) in [5, 5.41) is 7.65. The molecule has 150 valence electrons. The van der Waals surface area contributed by atoms with Gasteiger partial charge in [0.25, 0.3) is 11.8 Å². The number of aryl methyl sites for hydroxylation is 1. The molecule has 3 rings (SSSR count). The minimum Gasteiger partial charge on any atom is -0.479 e. The van der Waals surface area contributed by atoms with Gasteiger partial charge in [0, 0.05) is 63.1 Å². The van der Waals surface area contributed by atoms with Gasteiger partial charge >= 0.3 is 0 Å². The number of hydrogen-bond donors (Lipinski definition) is 1. The minimum atomic E-state index is -0.117. The van der Waals surface area contributed by atoms with Gasteiger partial charge in [0.15, 0.2) is 0 Å². The van der Waals surface area contributed by atoms with Crippen molar-refractivity contribution in [1.29, 1.82) is 0 Å². The summed E-state index contributed by atoms with van der Waals surface area (Å²) in [5.74, 6) is 0.162. The Balaban J connectivity index is 1.43. The molecule has 28 heavy (non-hydrogen) atoms. The molecular weight excluding hydrogens is 382 g/mol. The van der Waals surface area contributed by atoms with Crippen LogP contribution in [0.5, 0.6) is 5.88 Å². The van der Waals surface area contributed by atoms with Crippen LogP contribution in [0.3, 0.4) is 0 Å². The van der Waals surface area contributed by atoms with E-state index >= 15 is 0 Å². The fourth-order valence-electron chi connectivity index (χ4n) is 3.14. The van der Waals surface area contributed by atoms with Crippen LogP contribution < -0.4 is 10.1 Å². The summed E-state index contributed by atoms with van der Waals surface area (Å²) in [6.07, 6.45) is 1.68. The van der Waals surface area contributed by atoms with Gasteiger partial charge in [-0.05, 0) is 24.3 Å². The molecule has 1 aromatic heterocycles. The van der Waals surface area contributed by atoms with E-state index in [4.69, 9.17) is 16.3 Å². The highest BCUT2D eigenvalue weighted by Crippen LogP contribution is 2.18. The second kappa shape index (κ2) is 9.07. The number of amides is 2. The summed E-state index contributed by atoms with van der Waals surface area (Å²) in [6.45, 7) is 4.05. The number of methoxy groups -OCH3 is 1. The van der Waals surface area contributed by atoms with E-state index in [1.807, 2.05) is 4.90 Å². The molecule has 1 aliphatic rings. The van der Waals surface area contributed by atoms with Crippen LogP contribution in [0.4, 0.5) is 0 Å². The number of hydrogen-bond acceptors (Lipinski definition) is 5. The molecule has 0 bridgehead atoms. The van der Waals surface area contributed by atoms with Crippen molar-refractivity contribution in [3.63, 3.8) is 0 Å². The number of carbonyl (C=O) groups excluding carboxylic acids is 2. The first-order chi connectivity index (χ1) is 13.5. The number of rotatable bonds is 6. The van der Waals surface area contributed by atoms with Crippen molar-refractivity contribution in [1.82, 2.24) is 24.9 Å². The van der Waals surface area contributed by atoms with Crippen molar-refractivity contribution < 1.29 is 14.3 Å². The number of aromatic nitrogens is 2. The molecule has 1 fully saturated rings. The van der Waals surface area contributed by atoms with Crippen molar-refractivity contribution in [2.24, 2.45) is 7.05 Å². The van der Waals surface area contributed by atoms with Crippen molar-refractivity contribution >= 4 is 23.4 Å². The van der Waals surface area contributed by atoms with Crippen LogP contribution in [0.2, 0.25) is 5.02 Å². The molecular formula is C19H24ClN5O3. The third-order valence-electron chi connectivity index (χ3n) is 4.70. The summed E-state index contributed by atoms with van der Waals surface area (Å²) in [5.41, 5.74) is 1.07. The third kappa shape index (κ3) is 4.82. The summed E-state index contributed by atoms with van der Waals surface area (Å²) in [7, 11) is 3.27. The van der Waals surface area contributed by atoms with E-state index in [1.165, 1.54) is 7.11 Å². The van der Waals surface area contributed by atoms with E-state index < -0.39 is 0 Å². The lowest BCUT2D eigenvalue weighted by atomic mass is 10.2. The van der Waals surface area contributed by atoms with Crippen LogP contribution in [0, 0.1) is 0 Å². The highest BCUT2D eigenvalue weighted by atomic mass is 35.5. The van der Waals surface area contributed by atoms with Gasteiger partial charge in [-0.15, -0.1) is 5.10 Å². The van der Waals surface area contributed by atoms with Crippen molar-refractivity contribution in [2.45, 2.75) is 0 Å². The van der Waals surface area contributed by atoms with Gasteiger partial charge < -0.3 is 15.0 Å². The predicted molar refractivity (Wildman–Crippen MR) is 106 cm³/mol. The van der Waals surface area contributed by atoms with E-state index in [0.717, 1.165) is 19.6 Å². The maximum Gasteiger partial charge on any atom is 0.261 e. The first-order valence-electron chi connectivity index (χ1n) is 9.11. The van der Waals surface area contributed by atoms with Crippen molar-refractivity contribution in [3.8, 4) is 5.88 Å². The van der Waals surface area contributed by atoms with Gasteiger partial charge in [0.2, 0.25) is 5.88 Å². The van der Waals surface area contributed by atoms with Crippen LogP contribution in [0.15, 0.2) is 30.5 Å². The van der Waals surface area contributed by atoms with Crippen LogP contribution in [-0.2, 0) is 7.05 Å². The lowest BCUT2D eigenvalue weighted by Crippen LogP contribution is -2.50. The Morgan fingerprint density at radius 1 is 1.18 bits per heavy atom. The summed E-state index contributed by atoms with van der Waals surface area (Å²) < 4.78 is 6.76. The summed E-state index contributed by atoms with van der Waals surface area (Å²) in [6, 6.07) is 6.80. The monoisotopic (exact) mass is 405 g/mol. The van der Waals surface area contributed by atoms with E-state index in [0.29, 0.717) is 41.7 Å². The van der Waals surface area contributed by atoms with Gasteiger partial charge in [0.1, 0.15) is 5.56 Å². The van der Waals surface area contributed by atoms with E-state index in [9.17, 15) is 9.59 Å². The molecule has 2 aromatic rings. The second-order valence-electron chi connectivity index (χ2n) is 6.62. The quantitative estimate of drug-likeness (QED) is 0.782. The van der Waals surface area contributed by atoms with Gasteiger partial charge in [-0.3, -0.25) is 19.2 Å². The topological polar surface area (TPSA) is 79.7 Å². The molecule has 0 atom stereocenters. The smallest absolute Gasteiger partial charge is 0.261 e. The normalized spacial score (nSPS) is 14.8. The molecule has 0 saturated carbocycles. The highest BCUT2D eigenvalue weighted by Gasteiger charge is 2.26. The van der Waals surface area contributed by atoms with Gasteiger partial charge in [-0.2, -0.15) is 0 Å². The van der Waals surface area contributed by atoms with Crippen molar-refractivity contribution in [3.05, 3.63) is 46.6 Å². The molecule has 0 spiro atoms. The number of nitrogens with zero attached hydrogens (tertiary/aromatic N) is 4. The molecule has 1 saturated heterocycles. The molecule has 0 aliphatic carbocycles. The third-order valence-corrected chi connectivity index (χ3v) is 4.95. The summed E-state index contributed by atoms with van der Waals surface area (Å²) >= 11 is 5.84. The maximum absolute atomic E-state index is 12.7. The molecule has 8 nitrogen and oxygen atoms in total. The van der Waals surface area contributed by atoms with Crippen LogP contribution in [-0.4, -0.2) is 77.8 Å². The number of halogens is 1. The number of nitrogens with one attached hydrogen (secondary N) is 1. The summed E-state index contributed by atoms with van der Waals surface area (Å²) in [4.78, 5) is 28.8. The first kappa shape index (κ1) is 20.2. The Morgan fingerprint density at radius 2 is 1.86 bits per heavy atom. The zero-order valence-electron chi connectivity index (χ0n) is 16.0. The number of benzene rings is 1. The number of carbonyl (C=O) groups is 2. The molecule has 1 N–H and O–H groups in total. The zero-order valence-corrected chi connectivity index (χ0v) is 16.8. The van der Waals surface area contributed by atoms with E-state index in [1.54, 1.807) is 42.2 Å². The average molecular weight is 406 g/mol. The van der Waals surface area contributed by atoms with Crippen molar-refractivity contribution in [2.75, 3.05) is 46.4 Å². The Morgan fingerprint density at radius 3 is 2.50 bits per heavy atom. The standard InChI is InChI=1S/C19H24ClN5O3/c1-23-13-16(18(22-23)28-2)19(27)25-11-9-24(10-12-25)8-7-21-17(26)14-3-5-15(20)6-4-14/h3-6,13H,7-12H2,1-2H3,(H,21,26). The van der Waals surface area contributed by atoms with Gasteiger partial charge in [0.05, 0.1) is 7.11 Å². The Kier molecular flexibility index (Phi) is 6.53. The maximum atomic E-state index is 12.7. The fraction of sp³-hybridized carbons (Fsp3) is 0.421. The largest absolute Gasteiger partial charge is 0.479 e. The van der Waals surface area contributed by atoms with Gasteiger partial charge in [-0.25, -0.2) is 0 Å². The molecule has 2 heterocycles. The molecule has 0 radical (unpaired) electrons. The van der Waals surface area contributed by atoms with Crippen LogP contribution in [0.1, 0.15) is 20.7 Å². The molecule has 1 aliphatic heterocycles. The molecule has 9 heteroatoms. The lowest BCUT2D eigenvalue weighted by molar-refractivity contribution is 0.0635. The average Bonchev–Trinajstić information content (AvgIpc) is 3.09. The predicted octanol–water partition coefficient (Wildman–Crippen LogP) is 1.27. The lowest BCUT2D eigenvalue weighted by Gasteiger charge is -2.34. The second-order valence-corrected chi connectivity index (χ2v) is 7.06. The van der Waals surface area contributed by atoms with E-state index in [2.05, 4.69) is 15.3 Å². The molecule has 2 amide bonds. The van der Waals surface area contributed by atoms with E-state index in [-0.39, 0.29) is 11.8 Å². The molecule has 0 unspecified atom stereocenters. The number of piperazine rings is 1. The Hall–Kier alpha value is -2.58.